The molecule has 6 heteroatoms. The summed E-state index contributed by atoms with van der Waals surface area (Å²) in [7, 11) is 0. The Morgan fingerprint density at radius 3 is 2.68 bits per heavy atom. The third kappa shape index (κ3) is 5.70. The van der Waals surface area contributed by atoms with Crippen LogP contribution in [0.2, 0.25) is 5.02 Å². The highest BCUT2D eigenvalue weighted by molar-refractivity contribution is 6.32. The third-order valence-electron chi connectivity index (χ3n) is 2.20. The van der Waals surface area contributed by atoms with Gasteiger partial charge >= 0.3 is 5.97 Å². The predicted molar refractivity (Wildman–Crippen MR) is 67.8 cm³/mol. The highest BCUT2D eigenvalue weighted by Crippen LogP contribution is 2.24. The molecule has 1 aromatic rings. The molecule has 4 nitrogen and oxygen atoms in total. The quantitative estimate of drug-likeness (QED) is 0.724. The monoisotopic (exact) mass is 288 g/mol. The molecule has 0 aliphatic rings. The van der Waals surface area contributed by atoms with Crippen molar-refractivity contribution < 1.29 is 23.5 Å². The highest BCUT2D eigenvalue weighted by Gasteiger charge is 2.10. The van der Waals surface area contributed by atoms with Crippen molar-refractivity contribution in [2.45, 2.75) is 19.8 Å². The summed E-state index contributed by atoms with van der Waals surface area (Å²) in [5.74, 6) is -0.928. The van der Waals surface area contributed by atoms with Gasteiger partial charge in [0, 0.05) is 6.42 Å². The molecule has 0 aromatic heterocycles. The van der Waals surface area contributed by atoms with Crippen molar-refractivity contribution in [3.8, 4) is 5.75 Å². The number of ketones is 1. The molecule has 0 aliphatic carbocycles. The average molecular weight is 289 g/mol. The van der Waals surface area contributed by atoms with Gasteiger partial charge in [-0.2, -0.15) is 0 Å². The standard InChI is InChI=1S/C13H14ClFO4/c1-2-18-13(17)6-4-10(16)8-19-12-5-3-9(15)7-11(12)14/h3,5,7H,2,4,6,8H2,1H3. The fourth-order valence-electron chi connectivity index (χ4n) is 1.30. The first kappa shape index (κ1) is 15.4. The molecule has 0 fully saturated rings. The van der Waals surface area contributed by atoms with E-state index in [1.165, 1.54) is 12.1 Å². The minimum absolute atomic E-state index is 0.0210. The van der Waals surface area contributed by atoms with Gasteiger partial charge in [-0.25, -0.2) is 4.39 Å². The molecule has 0 bridgehead atoms. The van der Waals surface area contributed by atoms with E-state index in [2.05, 4.69) is 0 Å². The highest BCUT2D eigenvalue weighted by atomic mass is 35.5. The van der Waals surface area contributed by atoms with Crippen LogP contribution in [0.5, 0.6) is 5.75 Å². The van der Waals surface area contributed by atoms with Crippen LogP contribution in [0, 0.1) is 5.82 Å². The van der Waals surface area contributed by atoms with Gasteiger partial charge in [-0.05, 0) is 25.1 Å². The van der Waals surface area contributed by atoms with Crippen molar-refractivity contribution in [2.24, 2.45) is 0 Å². The Bertz CT molecular complexity index is 462. The summed E-state index contributed by atoms with van der Waals surface area (Å²) in [6, 6.07) is 3.63. The van der Waals surface area contributed by atoms with Crippen LogP contribution in [0.4, 0.5) is 4.39 Å². The first-order chi connectivity index (χ1) is 9.02. The lowest BCUT2D eigenvalue weighted by Crippen LogP contribution is -2.14. The van der Waals surface area contributed by atoms with Gasteiger partial charge in [-0.15, -0.1) is 0 Å². The number of benzene rings is 1. The van der Waals surface area contributed by atoms with E-state index in [0.29, 0.717) is 0 Å². The molecule has 0 N–H and O–H groups in total. The number of hydrogen-bond donors (Lipinski definition) is 0. The topological polar surface area (TPSA) is 52.6 Å². The summed E-state index contributed by atoms with van der Waals surface area (Å²) in [4.78, 5) is 22.5. The number of rotatable bonds is 7. The van der Waals surface area contributed by atoms with Crippen molar-refractivity contribution in [3.05, 3.63) is 29.0 Å². The Kier molecular flexibility index (Phi) is 6.29. The molecule has 19 heavy (non-hydrogen) atoms. The first-order valence-electron chi connectivity index (χ1n) is 5.78. The van der Waals surface area contributed by atoms with Crippen molar-refractivity contribution in [1.82, 2.24) is 0 Å². The van der Waals surface area contributed by atoms with Gasteiger partial charge in [0.15, 0.2) is 5.78 Å². The van der Waals surface area contributed by atoms with E-state index in [-0.39, 0.29) is 42.6 Å². The maximum atomic E-state index is 12.8. The Morgan fingerprint density at radius 2 is 2.05 bits per heavy atom. The number of hydrogen-bond acceptors (Lipinski definition) is 4. The normalized spacial score (nSPS) is 10.1. The maximum absolute atomic E-state index is 12.8. The van der Waals surface area contributed by atoms with E-state index in [1.807, 2.05) is 0 Å². The molecule has 104 valence electrons. The molecule has 0 saturated heterocycles. The van der Waals surface area contributed by atoms with E-state index in [9.17, 15) is 14.0 Å². The second-order valence-electron chi connectivity index (χ2n) is 3.71. The van der Waals surface area contributed by atoms with Crippen molar-refractivity contribution in [3.63, 3.8) is 0 Å². The third-order valence-corrected chi connectivity index (χ3v) is 2.49. The zero-order chi connectivity index (χ0) is 14.3. The number of esters is 1. The smallest absolute Gasteiger partial charge is 0.306 e. The largest absolute Gasteiger partial charge is 0.484 e. The number of carbonyl (C=O) groups is 2. The van der Waals surface area contributed by atoms with Gasteiger partial charge in [0.1, 0.15) is 18.2 Å². The first-order valence-corrected chi connectivity index (χ1v) is 6.16. The minimum Gasteiger partial charge on any atom is -0.484 e. The molecule has 1 aromatic carbocycles. The summed E-state index contributed by atoms with van der Waals surface area (Å²) in [6.07, 6.45) is 0.0603. The molecule has 0 spiro atoms. The molecular formula is C13H14ClFO4. The van der Waals surface area contributed by atoms with Crippen LogP contribution in [0.25, 0.3) is 0 Å². The molecule has 0 radical (unpaired) electrons. The van der Waals surface area contributed by atoms with E-state index in [1.54, 1.807) is 6.92 Å². The van der Waals surface area contributed by atoms with Crippen LogP contribution in [0.15, 0.2) is 18.2 Å². The van der Waals surface area contributed by atoms with Crippen molar-refractivity contribution >= 4 is 23.4 Å². The number of carbonyl (C=O) groups excluding carboxylic acids is 2. The zero-order valence-electron chi connectivity index (χ0n) is 10.4. The molecule has 0 aliphatic heterocycles. The van der Waals surface area contributed by atoms with Crippen LogP contribution in [-0.2, 0) is 14.3 Å². The lowest BCUT2D eigenvalue weighted by molar-refractivity contribution is -0.144. The number of halogens is 2. The van der Waals surface area contributed by atoms with Crippen molar-refractivity contribution in [1.29, 1.82) is 0 Å². The van der Waals surface area contributed by atoms with E-state index in [4.69, 9.17) is 21.1 Å². The summed E-state index contributed by atoms with van der Waals surface area (Å²) >= 11 is 5.73. The summed E-state index contributed by atoms with van der Waals surface area (Å²) in [5, 5.41) is 0.0955. The van der Waals surface area contributed by atoms with Crippen molar-refractivity contribution in [2.75, 3.05) is 13.2 Å². The Morgan fingerprint density at radius 1 is 1.32 bits per heavy atom. The Labute approximate surface area is 115 Å². The van der Waals surface area contributed by atoms with Gasteiger partial charge in [0.2, 0.25) is 0 Å². The SMILES string of the molecule is CCOC(=O)CCC(=O)COc1ccc(F)cc1Cl. The molecule has 0 atom stereocenters. The van der Waals surface area contributed by atoms with Crippen LogP contribution in [0.3, 0.4) is 0 Å². The molecule has 0 saturated carbocycles. The molecule has 0 heterocycles. The number of Topliss-reactive ketones (excluding diaryl/α,β-unsaturated/α-hetero) is 1. The minimum atomic E-state index is -0.481. The van der Waals surface area contributed by atoms with E-state index in [0.717, 1.165) is 6.07 Å². The van der Waals surface area contributed by atoms with E-state index >= 15 is 0 Å². The number of ether oxygens (including phenoxy) is 2. The predicted octanol–water partition coefficient (Wildman–Crippen LogP) is 2.77. The van der Waals surface area contributed by atoms with Crippen LogP contribution < -0.4 is 4.74 Å². The van der Waals surface area contributed by atoms with Gasteiger partial charge in [0.25, 0.3) is 0 Å². The fourth-order valence-corrected chi connectivity index (χ4v) is 1.52. The van der Waals surface area contributed by atoms with Gasteiger partial charge < -0.3 is 9.47 Å². The molecule has 1 rings (SSSR count). The van der Waals surface area contributed by atoms with E-state index < -0.39 is 11.8 Å². The lowest BCUT2D eigenvalue weighted by atomic mass is 10.2. The average Bonchev–Trinajstić information content (AvgIpc) is 2.35. The fraction of sp³-hybridized carbons (Fsp3) is 0.385. The van der Waals surface area contributed by atoms with Crippen LogP contribution in [-0.4, -0.2) is 25.0 Å². The van der Waals surface area contributed by atoms with Crippen LogP contribution >= 0.6 is 11.6 Å². The molecule has 0 amide bonds. The second kappa shape index (κ2) is 7.74. The maximum Gasteiger partial charge on any atom is 0.306 e. The Hall–Kier alpha value is -1.62. The van der Waals surface area contributed by atoms with Gasteiger partial charge in [-0.3, -0.25) is 9.59 Å². The molecular weight excluding hydrogens is 275 g/mol. The summed E-state index contributed by atoms with van der Waals surface area (Å²) in [6.45, 7) is 1.76. The Balaban J connectivity index is 2.36. The zero-order valence-corrected chi connectivity index (χ0v) is 11.2. The molecule has 0 unspecified atom stereocenters. The second-order valence-corrected chi connectivity index (χ2v) is 4.11. The van der Waals surface area contributed by atoms with Crippen LogP contribution in [0.1, 0.15) is 19.8 Å². The van der Waals surface area contributed by atoms with Gasteiger partial charge in [0.05, 0.1) is 18.1 Å². The summed E-state index contributed by atoms with van der Waals surface area (Å²) in [5.41, 5.74) is 0. The summed E-state index contributed by atoms with van der Waals surface area (Å²) < 4.78 is 22.6. The van der Waals surface area contributed by atoms with Gasteiger partial charge in [-0.1, -0.05) is 11.6 Å². The lowest BCUT2D eigenvalue weighted by Gasteiger charge is -2.07.